The van der Waals surface area contributed by atoms with Crippen LogP contribution in [0.5, 0.6) is 17.2 Å². The lowest BCUT2D eigenvalue weighted by atomic mass is 10.1. The maximum absolute atomic E-state index is 12.6. The molecule has 1 aliphatic carbocycles. The first-order chi connectivity index (χ1) is 16.9. The van der Waals surface area contributed by atoms with Gasteiger partial charge in [0.15, 0.2) is 23.1 Å². The third kappa shape index (κ3) is 4.72. The first-order valence-electron chi connectivity index (χ1n) is 10.5. The van der Waals surface area contributed by atoms with Gasteiger partial charge in [0.25, 0.3) is 0 Å². The highest BCUT2D eigenvalue weighted by Crippen LogP contribution is 2.32. The molecule has 7 nitrogen and oxygen atoms in total. The minimum absolute atomic E-state index is 0.0483. The zero-order valence-electron chi connectivity index (χ0n) is 18.9. The molecule has 4 rings (SSSR count). The number of rotatable bonds is 6. The fraction of sp³-hybridized carbons (Fsp3) is 0.0714. The van der Waals surface area contributed by atoms with Crippen molar-refractivity contribution >= 4 is 29.7 Å². The molecule has 0 bridgehead atoms. The molecule has 0 aromatic heterocycles. The van der Waals surface area contributed by atoms with E-state index in [0.717, 1.165) is 0 Å². The van der Waals surface area contributed by atoms with Crippen molar-refractivity contribution in [3.63, 3.8) is 0 Å². The van der Waals surface area contributed by atoms with Crippen LogP contribution < -0.4 is 14.2 Å². The average molecular weight is 465 g/mol. The number of Topliss-reactive ketones (excluding diaryl/α,β-unsaturated/α-hetero) is 2. The minimum atomic E-state index is -0.857. The predicted molar refractivity (Wildman–Crippen MR) is 128 cm³/mol. The van der Waals surface area contributed by atoms with Gasteiger partial charge in [0.1, 0.15) is 17.4 Å². The van der Waals surface area contributed by atoms with Crippen molar-refractivity contribution in [2.75, 3.05) is 14.2 Å². The van der Waals surface area contributed by atoms with E-state index in [0.29, 0.717) is 28.0 Å². The molecule has 172 valence electrons. The van der Waals surface area contributed by atoms with Crippen LogP contribution in [0.2, 0.25) is 0 Å². The van der Waals surface area contributed by atoms with Gasteiger partial charge in [0, 0.05) is 11.1 Å². The Balaban J connectivity index is 1.57. The van der Waals surface area contributed by atoms with Gasteiger partial charge in [-0.3, -0.25) is 9.59 Å². The smallest absolute Gasteiger partial charge is 0.354 e. The van der Waals surface area contributed by atoms with E-state index in [4.69, 9.17) is 14.2 Å². The largest absolute Gasteiger partial charge is 0.497 e. The molecule has 0 aliphatic heterocycles. The summed E-state index contributed by atoms with van der Waals surface area (Å²) in [6.45, 7) is 0. The summed E-state index contributed by atoms with van der Waals surface area (Å²) in [4.78, 5) is 37.9. The van der Waals surface area contributed by atoms with E-state index in [9.17, 15) is 19.6 Å². The van der Waals surface area contributed by atoms with Crippen LogP contribution in [-0.2, 0) is 4.79 Å². The molecule has 0 saturated heterocycles. The number of fused-ring (bicyclic) bond motifs is 1. The number of carbonyl (C=O) groups is 3. The van der Waals surface area contributed by atoms with E-state index in [2.05, 4.69) is 0 Å². The van der Waals surface area contributed by atoms with Crippen molar-refractivity contribution in [2.24, 2.45) is 0 Å². The van der Waals surface area contributed by atoms with Crippen LogP contribution in [0.4, 0.5) is 0 Å². The molecule has 35 heavy (non-hydrogen) atoms. The van der Waals surface area contributed by atoms with Gasteiger partial charge in [-0.15, -0.1) is 0 Å². The molecule has 0 spiro atoms. The fourth-order valence-corrected chi connectivity index (χ4v) is 3.59. The number of hydrogen-bond donors (Lipinski definition) is 0. The minimum Gasteiger partial charge on any atom is -0.497 e. The number of esters is 1. The van der Waals surface area contributed by atoms with Gasteiger partial charge in [-0.2, -0.15) is 5.26 Å². The lowest BCUT2D eigenvalue weighted by Gasteiger charge is -2.10. The molecule has 3 aromatic carbocycles. The summed E-state index contributed by atoms with van der Waals surface area (Å²) in [6, 6.07) is 19.9. The van der Waals surface area contributed by atoms with Gasteiger partial charge < -0.3 is 14.2 Å². The predicted octanol–water partition coefficient (Wildman–Crippen LogP) is 4.68. The number of methoxy groups -OCH3 is 2. The molecular weight excluding hydrogens is 446 g/mol. The molecule has 0 atom stereocenters. The van der Waals surface area contributed by atoms with E-state index >= 15 is 0 Å². The highest BCUT2D eigenvalue weighted by atomic mass is 16.6. The Morgan fingerprint density at radius 3 is 2.03 bits per heavy atom. The molecular formula is C28H19NO6. The van der Waals surface area contributed by atoms with Crippen molar-refractivity contribution in [1.82, 2.24) is 0 Å². The Kier molecular flexibility index (Phi) is 6.56. The number of ether oxygens (including phenoxy) is 3. The van der Waals surface area contributed by atoms with E-state index in [1.807, 2.05) is 6.07 Å². The zero-order valence-corrected chi connectivity index (χ0v) is 18.9. The second kappa shape index (κ2) is 9.89. The average Bonchev–Trinajstić information content (AvgIpc) is 3.13. The second-order valence-electron chi connectivity index (χ2n) is 7.50. The molecule has 7 heteroatoms. The number of hydrogen-bond acceptors (Lipinski definition) is 7. The SMILES string of the molecule is COc1ccc(/C=C(\C#N)C(=O)Oc2ccc(C=C3C(=O)c4ccccc4C3=O)cc2OC)cc1. The highest BCUT2D eigenvalue weighted by molar-refractivity contribution is 6.41. The van der Waals surface area contributed by atoms with Gasteiger partial charge in [-0.1, -0.05) is 42.5 Å². The molecule has 0 saturated carbocycles. The van der Waals surface area contributed by atoms with Crippen LogP contribution in [0.1, 0.15) is 31.8 Å². The van der Waals surface area contributed by atoms with E-state index in [-0.39, 0.29) is 34.2 Å². The number of nitrogens with zero attached hydrogens (tertiary/aromatic N) is 1. The summed E-state index contributed by atoms with van der Waals surface area (Å²) in [5.41, 5.74) is 1.72. The van der Waals surface area contributed by atoms with Gasteiger partial charge in [-0.05, 0) is 47.5 Å². The van der Waals surface area contributed by atoms with Gasteiger partial charge in [0.2, 0.25) is 0 Å². The lowest BCUT2D eigenvalue weighted by molar-refractivity contribution is -0.129. The quantitative estimate of drug-likeness (QED) is 0.171. The Labute approximate surface area is 201 Å². The number of ketones is 2. The zero-order chi connectivity index (χ0) is 24.9. The van der Waals surface area contributed by atoms with Crippen molar-refractivity contribution in [3.8, 4) is 23.3 Å². The fourth-order valence-electron chi connectivity index (χ4n) is 3.59. The maximum Gasteiger partial charge on any atom is 0.354 e. The van der Waals surface area contributed by atoms with Crippen LogP contribution in [0, 0.1) is 11.3 Å². The molecule has 1 aliphatic rings. The van der Waals surface area contributed by atoms with Crippen molar-refractivity contribution in [1.29, 1.82) is 5.26 Å². The topological polar surface area (TPSA) is 103 Å². The third-order valence-corrected chi connectivity index (χ3v) is 5.37. The van der Waals surface area contributed by atoms with Crippen LogP contribution in [0.15, 0.2) is 77.9 Å². The Morgan fingerprint density at radius 1 is 0.829 bits per heavy atom. The van der Waals surface area contributed by atoms with Crippen LogP contribution >= 0.6 is 0 Å². The standard InChI is InChI=1S/C28H19NO6/c1-33-20-10-7-17(8-11-20)13-19(16-29)28(32)35-24-12-9-18(15-25(24)34-2)14-23-26(30)21-5-3-4-6-22(21)27(23)31/h3-15H,1-2H3/b19-13+. The summed E-state index contributed by atoms with van der Waals surface area (Å²) in [7, 11) is 2.93. The summed E-state index contributed by atoms with van der Waals surface area (Å²) >= 11 is 0. The van der Waals surface area contributed by atoms with Gasteiger partial charge in [-0.25, -0.2) is 4.79 Å². The Bertz CT molecular complexity index is 1400. The van der Waals surface area contributed by atoms with Crippen molar-refractivity contribution in [3.05, 3.63) is 100 Å². The lowest BCUT2D eigenvalue weighted by Crippen LogP contribution is -2.11. The molecule has 3 aromatic rings. The summed E-state index contributed by atoms with van der Waals surface area (Å²) in [5, 5.41) is 9.44. The van der Waals surface area contributed by atoms with Crippen LogP contribution in [0.25, 0.3) is 12.2 Å². The first-order valence-corrected chi connectivity index (χ1v) is 10.5. The third-order valence-electron chi connectivity index (χ3n) is 5.37. The number of nitriles is 1. The van der Waals surface area contributed by atoms with E-state index in [1.165, 1.54) is 25.3 Å². The van der Waals surface area contributed by atoms with Gasteiger partial charge in [0.05, 0.1) is 19.8 Å². The monoisotopic (exact) mass is 465 g/mol. The number of allylic oxidation sites excluding steroid dienone is 1. The summed E-state index contributed by atoms with van der Waals surface area (Å²) in [6.07, 6.45) is 2.88. The molecule has 0 unspecified atom stereocenters. The molecule has 0 amide bonds. The number of carbonyl (C=O) groups excluding carboxylic acids is 3. The highest BCUT2D eigenvalue weighted by Gasteiger charge is 2.32. The van der Waals surface area contributed by atoms with Crippen LogP contribution in [0.3, 0.4) is 0 Å². The molecule has 0 heterocycles. The van der Waals surface area contributed by atoms with E-state index < -0.39 is 5.97 Å². The Hall–Kier alpha value is -4.96. The summed E-state index contributed by atoms with van der Waals surface area (Å²) in [5.74, 6) is -0.616. The maximum atomic E-state index is 12.6. The Morgan fingerprint density at radius 2 is 1.46 bits per heavy atom. The number of benzene rings is 3. The summed E-state index contributed by atoms with van der Waals surface area (Å²) < 4.78 is 15.8. The molecule has 0 fully saturated rings. The van der Waals surface area contributed by atoms with Crippen molar-refractivity contribution in [2.45, 2.75) is 0 Å². The van der Waals surface area contributed by atoms with Crippen molar-refractivity contribution < 1.29 is 28.6 Å². The normalized spacial score (nSPS) is 12.6. The van der Waals surface area contributed by atoms with E-state index in [1.54, 1.807) is 67.8 Å². The first kappa shape index (κ1) is 23.2. The van der Waals surface area contributed by atoms with Gasteiger partial charge >= 0.3 is 5.97 Å². The molecule has 0 N–H and O–H groups in total. The molecule has 0 radical (unpaired) electrons. The second-order valence-corrected chi connectivity index (χ2v) is 7.50. The van der Waals surface area contributed by atoms with Crippen LogP contribution in [-0.4, -0.2) is 31.8 Å².